The first-order valence-electron chi connectivity index (χ1n) is 11.7. The normalized spacial score (nSPS) is 25.4. The molecule has 1 aliphatic rings. The molecule has 5 atom stereocenters. The second-order valence-corrected chi connectivity index (χ2v) is 8.80. The summed E-state index contributed by atoms with van der Waals surface area (Å²) in [6.45, 7) is -1.04. The van der Waals surface area contributed by atoms with Crippen molar-refractivity contribution in [1.29, 1.82) is 0 Å². The van der Waals surface area contributed by atoms with Crippen molar-refractivity contribution in [2.75, 3.05) is 6.61 Å². The molecule has 0 aromatic heterocycles. The average molecular weight is 518 g/mol. The summed E-state index contributed by atoms with van der Waals surface area (Å²) >= 11 is 0. The second kappa shape index (κ2) is 12.7. The number of hydrogen-bond donors (Lipinski definition) is 5. The molecule has 11 nitrogen and oxygen atoms in total. The van der Waals surface area contributed by atoms with E-state index in [1.165, 1.54) is 0 Å². The maximum atomic E-state index is 13.0. The van der Waals surface area contributed by atoms with Gasteiger partial charge in [-0.1, -0.05) is 60.7 Å². The fraction of sp³-hybridized carbons (Fsp3) is 0.423. The fourth-order valence-electron chi connectivity index (χ4n) is 4.12. The topological polar surface area (TPSA) is 186 Å². The molecule has 0 radical (unpaired) electrons. The molecule has 2 aromatic carbocycles. The Kier molecular flexibility index (Phi) is 9.73. The maximum absolute atomic E-state index is 13.0. The van der Waals surface area contributed by atoms with Crippen LogP contribution in [0.4, 0.5) is 0 Å². The van der Waals surface area contributed by atoms with Crippen molar-refractivity contribution in [2.24, 2.45) is 11.7 Å². The number of esters is 2. The summed E-state index contributed by atoms with van der Waals surface area (Å²) in [4.78, 5) is 38.3. The number of amides is 1. The van der Waals surface area contributed by atoms with Gasteiger partial charge in [-0.2, -0.15) is 0 Å². The van der Waals surface area contributed by atoms with E-state index in [1.54, 1.807) is 60.7 Å². The first-order valence-corrected chi connectivity index (χ1v) is 11.7. The SMILES string of the molecule is NC(=O)[C@@]1(CCC(C(=O)OCc2ccccc2)C(=O)OCc2ccccc2)O[C@H](CO)[C@H](O)[C@H](O)[C@H]1O. The number of ether oxygens (including phenoxy) is 3. The van der Waals surface area contributed by atoms with Gasteiger partial charge in [0, 0.05) is 0 Å². The van der Waals surface area contributed by atoms with E-state index in [4.69, 9.17) is 19.9 Å². The molecule has 1 amide bonds. The first-order chi connectivity index (χ1) is 17.7. The van der Waals surface area contributed by atoms with Crippen molar-refractivity contribution in [1.82, 2.24) is 0 Å². The Morgan fingerprint density at radius 1 is 0.865 bits per heavy atom. The van der Waals surface area contributed by atoms with Crippen molar-refractivity contribution in [3.63, 3.8) is 0 Å². The predicted molar refractivity (Wildman–Crippen MR) is 127 cm³/mol. The number of nitrogens with two attached hydrogens (primary N) is 1. The van der Waals surface area contributed by atoms with E-state index in [0.29, 0.717) is 11.1 Å². The molecule has 6 N–H and O–H groups in total. The molecular weight excluding hydrogens is 486 g/mol. The van der Waals surface area contributed by atoms with Crippen LogP contribution in [0.2, 0.25) is 0 Å². The lowest BCUT2D eigenvalue weighted by Crippen LogP contribution is -2.69. The molecule has 0 spiro atoms. The van der Waals surface area contributed by atoms with Gasteiger partial charge in [0.25, 0.3) is 5.91 Å². The lowest BCUT2D eigenvalue weighted by Gasteiger charge is -2.47. The summed E-state index contributed by atoms with van der Waals surface area (Å²) in [5.41, 5.74) is 4.54. The third-order valence-corrected chi connectivity index (χ3v) is 6.31. The Balaban J connectivity index is 1.79. The van der Waals surface area contributed by atoms with Crippen LogP contribution in [-0.2, 0) is 41.8 Å². The minimum absolute atomic E-state index is 0.125. The highest BCUT2D eigenvalue weighted by Crippen LogP contribution is 2.35. The van der Waals surface area contributed by atoms with E-state index >= 15 is 0 Å². The minimum Gasteiger partial charge on any atom is -0.460 e. The number of aliphatic hydroxyl groups excluding tert-OH is 4. The van der Waals surface area contributed by atoms with Crippen molar-refractivity contribution < 1.29 is 49.0 Å². The summed E-state index contributed by atoms with van der Waals surface area (Å²) < 4.78 is 16.1. The third kappa shape index (κ3) is 6.70. The van der Waals surface area contributed by atoms with Gasteiger partial charge in [-0.15, -0.1) is 0 Å². The molecule has 0 aliphatic carbocycles. The van der Waals surface area contributed by atoms with Gasteiger partial charge in [-0.05, 0) is 24.0 Å². The zero-order valence-electron chi connectivity index (χ0n) is 20.0. The molecule has 37 heavy (non-hydrogen) atoms. The number of rotatable bonds is 11. The van der Waals surface area contributed by atoms with E-state index in [2.05, 4.69) is 0 Å². The van der Waals surface area contributed by atoms with Gasteiger partial charge in [0.2, 0.25) is 0 Å². The molecule has 1 saturated heterocycles. The van der Waals surface area contributed by atoms with Crippen molar-refractivity contribution >= 4 is 17.8 Å². The van der Waals surface area contributed by atoms with Crippen molar-refractivity contribution in [3.8, 4) is 0 Å². The summed E-state index contributed by atoms with van der Waals surface area (Å²) in [7, 11) is 0. The van der Waals surface area contributed by atoms with Crippen molar-refractivity contribution in [3.05, 3.63) is 71.8 Å². The summed E-state index contributed by atoms with van der Waals surface area (Å²) in [6.07, 6.45) is -7.96. The molecule has 1 heterocycles. The Labute approximate surface area is 213 Å². The predicted octanol–water partition coefficient (Wildman–Crippen LogP) is -0.433. The second-order valence-electron chi connectivity index (χ2n) is 8.80. The maximum Gasteiger partial charge on any atom is 0.320 e. The third-order valence-electron chi connectivity index (χ3n) is 6.31. The minimum atomic E-state index is -2.30. The Morgan fingerprint density at radius 3 is 1.78 bits per heavy atom. The summed E-state index contributed by atoms with van der Waals surface area (Å²) in [5, 5.41) is 40.4. The van der Waals surface area contributed by atoms with Crippen LogP contribution in [0, 0.1) is 5.92 Å². The van der Waals surface area contributed by atoms with Gasteiger partial charge in [-0.25, -0.2) is 0 Å². The lowest BCUT2D eigenvalue weighted by atomic mass is 9.79. The molecule has 200 valence electrons. The molecule has 0 bridgehead atoms. The molecule has 11 heteroatoms. The Hall–Kier alpha value is -3.35. The molecule has 0 saturated carbocycles. The largest absolute Gasteiger partial charge is 0.460 e. The van der Waals surface area contributed by atoms with Crippen LogP contribution in [0.5, 0.6) is 0 Å². The van der Waals surface area contributed by atoms with E-state index in [-0.39, 0.29) is 13.2 Å². The standard InChI is InChI=1S/C26H31NO10/c27-25(34)26(22(31)21(30)20(29)19(13-28)37-26)12-11-18(23(32)35-14-16-7-3-1-4-8-16)24(33)36-15-17-9-5-2-6-10-17/h1-10,18-22,28-31H,11-15H2,(H2,27,34)/t19-,20+,21+,22-,26+/m1/s1. The Bertz CT molecular complexity index is 992. The van der Waals surface area contributed by atoms with Gasteiger partial charge in [0.1, 0.15) is 37.6 Å². The van der Waals surface area contributed by atoms with Gasteiger partial charge < -0.3 is 40.4 Å². The highest BCUT2D eigenvalue weighted by atomic mass is 16.6. The first kappa shape index (κ1) is 28.2. The van der Waals surface area contributed by atoms with Crippen LogP contribution in [0.3, 0.4) is 0 Å². The molecule has 2 aromatic rings. The van der Waals surface area contributed by atoms with Crippen LogP contribution >= 0.6 is 0 Å². The zero-order valence-corrected chi connectivity index (χ0v) is 20.0. The molecular formula is C26H31NO10. The average Bonchev–Trinajstić information content (AvgIpc) is 2.91. The fourth-order valence-corrected chi connectivity index (χ4v) is 4.12. The summed E-state index contributed by atoms with van der Waals surface area (Å²) in [6, 6.07) is 17.5. The van der Waals surface area contributed by atoms with E-state index in [0.717, 1.165) is 0 Å². The van der Waals surface area contributed by atoms with Gasteiger partial charge in [0.05, 0.1) is 6.61 Å². The smallest absolute Gasteiger partial charge is 0.320 e. The van der Waals surface area contributed by atoms with Crippen LogP contribution in [0.1, 0.15) is 24.0 Å². The number of hydrogen-bond acceptors (Lipinski definition) is 10. The summed E-state index contributed by atoms with van der Waals surface area (Å²) in [5.74, 6) is -4.62. The van der Waals surface area contributed by atoms with Crippen LogP contribution in [0.25, 0.3) is 0 Å². The number of carbonyl (C=O) groups excluding carboxylic acids is 3. The number of aliphatic hydroxyl groups is 4. The zero-order chi connectivity index (χ0) is 27.0. The van der Waals surface area contributed by atoms with Gasteiger partial charge in [-0.3, -0.25) is 14.4 Å². The molecule has 0 unspecified atom stereocenters. The monoisotopic (exact) mass is 517 g/mol. The van der Waals surface area contributed by atoms with E-state index in [1.807, 2.05) is 0 Å². The van der Waals surface area contributed by atoms with E-state index in [9.17, 15) is 34.8 Å². The van der Waals surface area contributed by atoms with Crippen LogP contribution < -0.4 is 5.73 Å². The van der Waals surface area contributed by atoms with Crippen LogP contribution in [-0.4, -0.2) is 74.9 Å². The number of primary amides is 1. The number of benzene rings is 2. The molecule has 3 rings (SSSR count). The highest BCUT2D eigenvalue weighted by molar-refractivity contribution is 5.95. The van der Waals surface area contributed by atoms with E-state index < -0.39 is 73.2 Å². The highest BCUT2D eigenvalue weighted by Gasteiger charge is 2.57. The van der Waals surface area contributed by atoms with Crippen LogP contribution in [0.15, 0.2) is 60.7 Å². The quantitative estimate of drug-likeness (QED) is 0.193. The lowest BCUT2D eigenvalue weighted by molar-refractivity contribution is -0.267. The van der Waals surface area contributed by atoms with Gasteiger partial charge in [0.15, 0.2) is 11.5 Å². The van der Waals surface area contributed by atoms with Gasteiger partial charge >= 0.3 is 11.9 Å². The molecule has 1 fully saturated rings. The molecule has 1 aliphatic heterocycles. The van der Waals surface area contributed by atoms with Crippen molar-refractivity contribution in [2.45, 2.75) is 56.1 Å². The Morgan fingerprint density at radius 2 is 1.35 bits per heavy atom. The number of carbonyl (C=O) groups is 3.